The van der Waals surface area contributed by atoms with E-state index in [1.54, 1.807) is 6.07 Å². The van der Waals surface area contributed by atoms with Crippen molar-refractivity contribution in [3.8, 4) is 5.75 Å². The average Bonchev–Trinajstić information content (AvgIpc) is 2.44. The Labute approximate surface area is 126 Å². The molecule has 1 unspecified atom stereocenters. The van der Waals surface area contributed by atoms with E-state index in [1.807, 2.05) is 13.0 Å². The molecule has 0 aliphatic carbocycles. The van der Waals surface area contributed by atoms with Gasteiger partial charge in [0, 0.05) is 25.6 Å². The van der Waals surface area contributed by atoms with Crippen molar-refractivity contribution in [2.24, 2.45) is 5.92 Å². The van der Waals surface area contributed by atoms with E-state index in [0.29, 0.717) is 25.4 Å². The quantitative estimate of drug-likeness (QED) is 0.775. The van der Waals surface area contributed by atoms with Crippen LogP contribution in [0, 0.1) is 11.7 Å². The molecule has 5 heteroatoms. The van der Waals surface area contributed by atoms with Gasteiger partial charge in [-0.2, -0.15) is 0 Å². The Morgan fingerprint density at radius 3 is 2.62 bits per heavy atom. The number of rotatable bonds is 8. The average molecular weight is 296 g/mol. The molecule has 4 nitrogen and oxygen atoms in total. The van der Waals surface area contributed by atoms with Gasteiger partial charge in [0.05, 0.1) is 7.11 Å². The van der Waals surface area contributed by atoms with Crippen LogP contribution in [0.25, 0.3) is 0 Å². The summed E-state index contributed by atoms with van der Waals surface area (Å²) in [7, 11) is 1.44. The van der Waals surface area contributed by atoms with Crippen LogP contribution in [0.3, 0.4) is 0 Å². The van der Waals surface area contributed by atoms with E-state index < -0.39 is 0 Å². The van der Waals surface area contributed by atoms with Gasteiger partial charge in [-0.25, -0.2) is 4.39 Å². The van der Waals surface area contributed by atoms with E-state index in [9.17, 15) is 9.18 Å². The first-order valence-electron chi connectivity index (χ1n) is 7.27. The van der Waals surface area contributed by atoms with Crippen LogP contribution in [-0.4, -0.2) is 26.1 Å². The number of amides is 1. The molecule has 0 saturated carbocycles. The molecular weight excluding hydrogens is 271 g/mol. The number of hydrogen-bond acceptors (Lipinski definition) is 3. The van der Waals surface area contributed by atoms with Crippen molar-refractivity contribution in [2.45, 2.75) is 33.2 Å². The maximum absolute atomic E-state index is 13.6. The SMILES string of the molecule is COc1ccc(C(C)NCCC(=O)NCC(C)C)cc1F. The molecule has 118 valence electrons. The Hall–Kier alpha value is -1.62. The fourth-order valence-corrected chi connectivity index (χ4v) is 1.88. The van der Waals surface area contributed by atoms with Crippen LogP contribution in [0.15, 0.2) is 18.2 Å². The first kappa shape index (κ1) is 17.4. The highest BCUT2D eigenvalue weighted by molar-refractivity contribution is 5.76. The first-order valence-corrected chi connectivity index (χ1v) is 7.27. The van der Waals surface area contributed by atoms with Gasteiger partial charge < -0.3 is 15.4 Å². The van der Waals surface area contributed by atoms with Crippen molar-refractivity contribution in [3.05, 3.63) is 29.6 Å². The largest absolute Gasteiger partial charge is 0.494 e. The van der Waals surface area contributed by atoms with Gasteiger partial charge in [-0.05, 0) is 30.5 Å². The Bertz CT molecular complexity index is 464. The normalized spacial score (nSPS) is 12.3. The third-order valence-corrected chi connectivity index (χ3v) is 3.19. The second kappa shape index (κ2) is 8.62. The summed E-state index contributed by atoms with van der Waals surface area (Å²) in [6.45, 7) is 7.29. The monoisotopic (exact) mass is 296 g/mol. The summed E-state index contributed by atoms with van der Waals surface area (Å²) in [6.07, 6.45) is 0.412. The molecule has 0 radical (unpaired) electrons. The molecule has 0 aromatic heterocycles. The van der Waals surface area contributed by atoms with Crippen molar-refractivity contribution in [2.75, 3.05) is 20.2 Å². The van der Waals surface area contributed by atoms with Crippen LogP contribution in [0.4, 0.5) is 4.39 Å². The van der Waals surface area contributed by atoms with Gasteiger partial charge in [0.1, 0.15) is 0 Å². The molecule has 0 spiro atoms. The highest BCUT2D eigenvalue weighted by Crippen LogP contribution is 2.21. The summed E-state index contributed by atoms with van der Waals surface area (Å²) in [4.78, 5) is 11.6. The van der Waals surface area contributed by atoms with Gasteiger partial charge in [0.2, 0.25) is 5.91 Å². The predicted molar refractivity (Wildman–Crippen MR) is 81.8 cm³/mol. The fraction of sp³-hybridized carbons (Fsp3) is 0.562. The Morgan fingerprint density at radius 2 is 2.05 bits per heavy atom. The number of carbonyl (C=O) groups excluding carboxylic acids is 1. The zero-order valence-corrected chi connectivity index (χ0v) is 13.2. The summed E-state index contributed by atoms with van der Waals surface area (Å²) < 4.78 is 18.5. The molecule has 0 heterocycles. The lowest BCUT2D eigenvalue weighted by Gasteiger charge is -2.15. The highest BCUT2D eigenvalue weighted by atomic mass is 19.1. The number of methoxy groups -OCH3 is 1. The standard InChI is InChI=1S/C16H25FN2O2/c1-11(2)10-19-16(20)7-8-18-12(3)13-5-6-15(21-4)14(17)9-13/h5-6,9,11-12,18H,7-8,10H2,1-4H3,(H,19,20). The van der Waals surface area contributed by atoms with Crippen molar-refractivity contribution in [1.29, 1.82) is 0 Å². The van der Waals surface area contributed by atoms with E-state index >= 15 is 0 Å². The minimum Gasteiger partial charge on any atom is -0.494 e. The molecule has 21 heavy (non-hydrogen) atoms. The molecule has 1 amide bonds. The number of hydrogen-bond donors (Lipinski definition) is 2. The molecule has 1 aromatic carbocycles. The van der Waals surface area contributed by atoms with E-state index in [4.69, 9.17) is 4.74 Å². The van der Waals surface area contributed by atoms with Crippen LogP contribution >= 0.6 is 0 Å². The molecular formula is C16H25FN2O2. The number of nitrogens with one attached hydrogen (secondary N) is 2. The van der Waals surface area contributed by atoms with Crippen molar-refractivity contribution in [1.82, 2.24) is 10.6 Å². The third-order valence-electron chi connectivity index (χ3n) is 3.19. The Balaban J connectivity index is 2.38. The zero-order valence-electron chi connectivity index (χ0n) is 13.2. The highest BCUT2D eigenvalue weighted by Gasteiger charge is 2.10. The molecule has 1 aromatic rings. The number of carbonyl (C=O) groups is 1. The van der Waals surface area contributed by atoms with Gasteiger partial charge in [-0.15, -0.1) is 0 Å². The summed E-state index contributed by atoms with van der Waals surface area (Å²) in [5.74, 6) is 0.338. The molecule has 2 N–H and O–H groups in total. The molecule has 0 fully saturated rings. The lowest BCUT2D eigenvalue weighted by molar-refractivity contribution is -0.121. The Morgan fingerprint density at radius 1 is 1.33 bits per heavy atom. The fourth-order valence-electron chi connectivity index (χ4n) is 1.88. The van der Waals surface area contributed by atoms with Gasteiger partial charge in [-0.1, -0.05) is 19.9 Å². The number of halogens is 1. The van der Waals surface area contributed by atoms with Crippen LogP contribution in [-0.2, 0) is 4.79 Å². The van der Waals surface area contributed by atoms with Crippen LogP contribution in [0.1, 0.15) is 38.8 Å². The van der Waals surface area contributed by atoms with Crippen molar-refractivity contribution in [3.63, 3.8) is 0 Å². The third kappa shape index (κ3) is 6.12. The smallest absolute Gasteiger partial charge is 0.221 e. The van der Waals surface area contributed by atoms with Gasteiger partial charge in [0.25, 0.3) is 0 Å². The van der Waals surface area contributed by atoms with Gasteiger partial charge >= 0.3 is 0 Å². The summed E-state index contributed by atoms with van der Waals surface area (Å²) >= 11 is 0. The molecule has 0 saturated heterocycles. The second-order valence-corrected chi connectivity index (χ2v) is 5.52. The van der Waals surface area contributed by atoms with E-state index in [1.165, 1.54) is 13.2 Å². The minimum absolute atomic E-state index is 0.0247. The lowest BCUT2D eigenvalue weighted by atomic mass is 10.1. The topological polar surface area (TPSA) is 50.4 Å². The second-order valence-electron chi connectivity index (χ2n) is 5.52. The van der Waals surface area contributed by atoms with Crippen LogP contribution < -0.4 is 15.4 Å². The number of ether oxygens (including phenoxy) is 1. The van der Waals surface area contributed by atoms with Crippen molar-refractivity contribution < 1.29 is 13.9 Å². The van der Waals surface area contributed by atoms with E-state index in [0.717, 1.165) is 5.56 Å². The minimum atomic E-state index is -0.377. The molecule has 1 atom stereocenters. The molecule has 0 aliphatic rings. The van der Waals surface area contributed by atoms with E-state index in [2.05, 4.69) is 24.5 Å². The van der Waals surface area contributed by atoms with E-state index in [-0.39, 0.29) is 23.5 Å². The lowest BCUT2D eigenvalue weighted by Crippen LogP contribution is -2.31. The van der Waals surface area contributed by atoms with Crippen molar-refractivity contribution >= 4 is 5.91 Å². The summed E-state index contributed by atoms with van der Waals surface area (Å²) in [5, 5.41) is 6.08. The van der Waals surface area contributed by atoms with Gasteiger partial charge in [0.15, 0.2) is 11.6 Å². The van der Waals surface area contributed by atoms with Crippen LogP contribution in [0.5, 0.6) is 5.75 Å². The molecule has 0 bridgehead atoms. The zero-order chi connectivity index (χ0) is 15.8. The predicted octanol–water partition coefficient (Wildman–Crippen LogP) is 2.65. The molecule has 0 aliphatic heterocycles. The number of benzene rings is 1. The van der Waals surface area contributed by atoms with Crippen LogP contribution in [0.2, 0.25) is 0 Å². The first-order chi connectivity index (χ1) is 9.93. The summed E-state index contributed by atoms with van der Waals surface area (Å²) in [6, 6.07) is 4.86. The Kier molecular flexibility index (Phi) is 7.15. The molecule has 1 rings (SSSR count). The maximum atomic E-state index is 13.6. The van der Waals surface area contributed by atoms with Gasteiger partial charge in [-0.3, -0.25) is 4.79 Å². The summed E-state index contributed by atoms with van der Waals surface area (Å²) in [5.41, 5.74) is 0.830. The maximum Gasteiger partial charge on any atom is 0.221 e.